The normalized spacial score (nSPS) is 17.3. The van der Waals surface area contributed by atoms with Gasteiger partial charge in [0.2, 0.25) is 0 Å². The number of rotatable bonds is 3. The van der Waals surface area contributed by atoms with Crippen LogP contribution in [0.15, 0.2) is 23.5 Å². The Kier molecular flexibility index (Phi) is 2.97. The second kappa shape index (κ2) is 4.34. The smallest absolute Gasteiger partial charge is 0.331 e. The highest BCUT2D eigenvalue weighted by molar-refractivity contribution is 6.20. The first kappa shape index (κ1) is 13.0. The Labute approximate surface area is 109 Å². The highest BCUT2D eigenvalue weighted by Gasteiger charge is 2.42. The fraction of sp³-hybridized carbons (Fsp3) is 0.333. The molecule has 0 bridgehead atoms. The quantitative estimate of drug-likeness (QED) is 0.789. The molecule has 7 nitrogen and oxygen atoms in total. The molecular formula is C12H13N3O4. The first-order chi connectivity index (χ1) is 8.84. The lowest BCUT2D eigenvalue weighted by molar-refractivity contribution is -0.154. The first-order valence-electron chi connectivity index (χ1n) is 5.61. The molecule has 1 aliphatic rings. The molecule has 7 heteroatoms. The molecule has 1 aromatic heterocycles. The van der Waals surface area contributed by atoms with Crippen molar-refractivity contribution in [3.05, 3.63) is 29.1 Å². The van der Waals surface area contributed by atoms with Gasteiger partial charge in [-0.3, -0.25) is 19.2 Å². The molecule has 2 amide bonds. The Balaban J connectivity index is 2.46. The molecular weight excluding hydrogens is 250 g/mol. The van der Waals surface area contributed by atoms with Gasteiger partial charge in [-0.05, 0) is 13.8 Å². The summed E-state index contributed by atoms with van der Waals surface area (Å²) in [5, 5.41) is 13.2. The number of aromatic nitrogens is 2. The maximum atomic E-state index is 12.0. The molecule has 2 rings (SSSR count). The number of carbonyl (C=O) groups is 3. The molecule has 1 unspecified atom stereocenters. The van der Waals surface area contributed by atoms with Gasteiger partial charge >= 0.3 is 5.97 Å². The number of nitrogens with zero attached hydrogens (tertiary/aromatic N) is 3. The Morgan fingerprint density at radius 3 is 2.16 bits per heavy atom. The average Bonchev–Trinajstić information content (AvgIpc) is 2.84. The van der Waals surface area contributed by atoms with Gasteiger partial charge in [0.25, 0.3) is 11.8 Å². The van der Waals surface area contributed by atoms with Crippen LogP contribution in [0, 0.1) is 0 Å². The van der Waals surface area contributed by atoms with Crippen LogP contribution in [-0.4, -0.2) is 37.6 Å². The molecule has 100 valence electrons. The van der Waals surface area contributed by atoms with Gasteiger partial charge < -0.3 is 5.11 Å². The van der Waals surface area contributed by atoms with Crippen LogP contribution in [0.5, 0.6) is 0 Å². The zero-order valence-corrected chi connectivity index (χ0v) is 10.7. The van der Waals surface area contributed by atoms with Crippen LogP contribution in [0.2, 0.25) is 0 Å². The molecule has 1 aromatic rings. The second-order valence-electron chi connectivity index (χ2n) is 4.42. The van der Waals surface area contributed by atoms with E-state index in [1.54, 1.807) is 7.05 Å². The molecule has 19 heavy (non-hydrogen) atoms. The van der Waals surface area contributed by atoms with E-state index in [4.69, 9.17) is 0 Å². The Bertz CT molecular complexity index is 590. The molecule has 1 aliphatic heterocycles. The number of hydrogen-bond acceptors (Lipinski definition) is 4. The zero-order valence-electron chi connectivity index (χ0n) is 10.7. The van der Waals surface area contributed by atoms with Crippen LogP contribution < -0.4 is 0 Å². The zero-order chi connectivity index (χ0) is 14.3. The summed E-state index contributed by atoms with van der Waals surface area (Å²) >= 11 is 0. The standard InChI is InChI=1S/C12H13N3O4/c1-6-7(2)11(17)15(10(6)16)9(12(18)19)8-4-13-14(3)5-8/h4-5,9H,1-3H3,(H,18,19). The van der Waals surface area contributed by atoms with Gasteiger partial charge in [0, 0.05) is 30.0 Å². The Morgan fingerprint density at radius 1 is 1.26 bits per heavy atom. The predicted molar refractivity (Wildman–Crippen MR) is 63.8 cm³/mol. The predicted octanol–water partition coefficient (Wildman–Crippen LogP) is 0.251. The summed E-state index contributed by atoms with van der Waals surface area (Å²) in [5.41, 5.74) is 0.847. The van der Waals surface area contributed by atoms with Crippen LogP contribution in [0.3, 0.4) is 0 Å². The Hall–Kier alpha value is -2.44. The fourth-order valence-electron chi connectivity index (χ4n) is 1.99. The largest absolute Gasteiger partial charge is 0.479 e. The van der Waals surface area contributed by atoms with Crippen LogP contribution in [0.4, 0.5) is 0 Å². The highest BCUT2D eigenvalue weighted by atomic mass is 16.4. The minimum atomic E-state index is -1.35. The van der Waals surface area contributed by atoms with Crippen molar-refractivity contribution in [3.8, 4) is 0 Å². The third kappa shape index (κ3) is 1.92. The van der Waals surface area contributed by atoms with E-state index in [0.29, 0.717) is 5.56 Å². The third-order valence-electron chi connectivity index (χ3n) is 3.17. The molecule has 0 aromatic carbocycles. The number of imide groups is 1. The number of carboxylic acids is 1. The molecule has 0 aliphatic carbocycles. The molecule has 0 spiro atoms. The van der Waals surface area contributed by atoms with Gasteiger partial charge in [-0.15, -0.1) is 0 Å². The van der Waals surface area contributed by atoms with E-state index in [0.717, 1.165) is 4.90 Å². The van der Waals surface area contributed by atoms with Gasteiger partial charge in [-0.2, -0.15) is 5.10 Å². The van der Waals surface area contributed by atoms with E-state index in [1.807, 2.05) is 0 Å². The van der Waals surface area contributed by atoms with Crippen LogP contribution in [0.25, 0.3) is 0 Å². The minimum Gasteiger partial charge on any atom is -0.479 e. The number of aliphatic carboxylic acids is 1. The van der Waals surface area contributed by atoms with E-state index < -0.39 is 23.8 Å². The summed E-state index contributed by atoms with van der Waals surface area (Å²) in [6.45, 7) is 3.02. The fourth-order valence-corrected chi connectivity index (χ4v) is 1.99. The molecule has 1 N–H and O–H groups in total. The van der Waals surface area contributed by atoms with Gasteiger partial charge in [-0.1, -0.05) is 0 Å². The SMILES string of the molecule is CC1=C(C)C(=O)N(C(C(=O)O)c2cnn(C)c2)C1=O. The minimum absolute atomic E-state index is 0.278. The van der Waals surface area contributed by atoms with Crippen LogP contribution in [0.1, 0.15) is 25.5 Å². The lowest BCUT2D eigenvalue weighted by atomic mass is 10.1. The first-order valence-corrected chi connectivity index (χ1v) is 5.61. The lowest BCUT2D eigenvalue weighted by Crippen LogP contribution is -2.39. The summed E-state index contributed by atoms with van der Waals surface area (Å²) in [4.78, 5) is 36.2. The Morgan fingerprint density at radius 2 is 1.79 bits per heavy atom. The van der Waals surface area contributed by atoms with E-state index >= 15 is 0 Å². The van der Waals surface area contributed by atoms with E-state index in [2.05, 4.69) is 5.10 Å². The summed E-state index contributed by atoms with van der Waals surface area (Å²) < 4.78 is 1.42. The van der Waals surface area contributed by atoms with Crippen LogP contribution >= 0.6 is 0 Å². The van der Waals surface area contributed by atoms with E-state index in [1.165, 1.54) is 30.9 Å². The molecule has 0 fully saturated rings. The van der Waals surface area contributed by atoms with Crippen molar-refractivity contribution in [1.82, 2.24) is 14.7 Å². The maximum Gasteiger partial charge on any atom is 0.331 e. The molecule has 0 saturated heterocycles. The summed E-state index contributed by atoms with van der Waals surface area (Å²) in [7, 11) is 1.63. The maximum absolute atomic E-state index is 12.0. The number of hydrogen-bond donors (Lipinski definition) is 1. The molecule has 2 heterocycles. The average molecular weight is 263 g/mol. The number of carbonyl (C=O) groups excluding carboxylic acids is 2. The van der Waals surface area contributed by atoms with Crippen molar-refractivity contribution in [1.29, 1.82) is 0 Å². The number of aryl methyl sites for hydroxylation is 1. The molecule has 0 radical (unpaired) electrons. The summed E-state index contributed by atoms with van der Waals surface area (Å²) in [6.07, 6.45) is 2.81. The second-order valence-corrected chi connectivity index (χ2v) is 4.42. The topological polar surface area (TPSA) is 92.5 Å². The van der Waals surface area contributed by atoms with Gasteiger partial charge in [0.1, 0.15) is 0 Å². The van der Waals surface area contributed by atoms with Crippen molar-refractivity contribution >= 4 is 17.8 Å². The van der Waals surface area contributed by atoms with Gasteiger partial charge in [0.05, 0.1) is 6.20 Å². The molecule has 1 atom stereocenters. The molecule has 0 saturated carbocycles. The lowest BCUT2D eigenvalue weighted by Gasteiger charge is -2.22. The van der Waals surface area contributed by atoms with Crippen molar-refractivity contribution < 1.29 is 19.5 Å². The van der Waals surface area contributed by atoms with Gasteiger partial charge in [0.15, 0.2) is 6.04 Å². The summed E-state index contributed by atoms with van der Waals surface area (Å²) in [5.74, 6) is -2.41. The van der Waals surface area contributed by atoms with Crippen molar-refractivity contribution in [2.75, 3.05) is 0 Å². The number of carboxylic acid groups (broad SMARTS) is 1. The van der Waals surface area contributed by atoms with Gasteiger partial charge in [-0.25, -0.2) is 4.79 Å². The van der Waals surface area contributed by atoms with Crippen LogP contribution in [-0.2, 0) is 21.4 Å². The van der Waals surface area contributed by atoms with Crippen molar-refractivity contribution in [2.24, 2.45) is 7.05 Å². The number of amides is 2. The highest BCUT2D eigenvalue weighted by Crippen LogP contribution is 2.30. The third-order valence-corrected chi connectivity index (χ3v) is 3.17. The monoisotopic (exact) mass is 263 g/mol. The summed E-state index contributed by atoms with van der Waals surface area (Å²) in [6, 6.07) is -1.35. The van der Waals surface area contributed by atoms with E-state index in [9.17, 15) is 19.5 Å². The van der Waals surface area contributed by atoms with Crippen molar-refractivity contribution in [3.63, 3.8) is 0 Å². The van der Waals surface area contributed by atoms with E-state index in [-0.39, 0.29) is 11.1 Å². The van der Waals surface area contributed by atoms with Crippen molar-refractivity contribution in [2.45, 2.75) is 19.9 Å².